The Morgan fingerprint density at radius 3 is 2.78 bits per heavy atom. The molecule has 0 unspecified atom stereocenters. The highest BCUT2D eigenvalue weighted by atomic mass is 32.2. The zero-order valence-electron chi connectivity index (χ0n) is 14.7. The molecular weight excluding hydrogens is 386 g/mol. The highest BCUT2D eigenvalue weighted by Gasteiger charge is 2.16. The standard InChI is InChI=1S/C17H17N5O3S2/c1-4-9-21-13-6-5-12(27(18,24)25)10-15(13)26-17(21)20-16(23)14-7-8-19-22(14)11(2)3/h1,5-8,10-11H,9H2,2-3H3,(H2,18,24,25). The van der Waals surface area contributed by atoms with Crippen LogP contribution in [0.2, 0.25) is 0 Å². The van der Waals surface area contributed by atoms with Gasteiger partial charge in [-0.3, -0.25) is 9.48 Å². The average molecular weight is 403 g/mol. The van der Waals surface area contributed by atoms with E-state index in [1.54, 1.807) is 27.6 Å². The number of nitrogens with two attached hydrogens (primary N) is 1. The summed E-state index contributed by atoms with van der Waals surface area (Å²) in [6, 6.07) is 6.06. The number of hydrogen-bond donors (Lipinski definition) is 1. The number of carbonyl (C=O) groups is 1. The van der Waals surface area contributed by atoms with Crippen LogP contribution >= 0.6 is 11.3 Å². The molecule has 10 heteroatoms. The molecule has 2 aromatic heterocycles. The Morgan fingerprint density at radius 1 is 1.41 bits per heavy atom. The molecule has 0 radical (unpaired) electrons. The SMILES string of the molecule is C#CCn1c(=NC(=O)c2ccnn2C(C)C)sc2cc(S(N)(=O)=O)ccc21. The van der Waals surface area contributed by atoms with Crippen molar-refractivity contribution in [3.8, 4) is 12.3 Å². The molecule has 0 aliphatic rings. The summed E-state index contributed by atoms with van der Waals surface area (Å²) < 4.78 is 27.0. The highest BCUT2D eigenvalue weighted by Crippen LogP contribution is 2.21. The Balaban J connectivity index is 2.19. The molecule has 3 rings (SSSR count). The number of aromatic nitrogens is 3. The van der Waals surface area contributed by atoms with Crippen molar-refractivity contribution in [3.05, 3.63) is 41.0 Å². The quantitative estimate of drug-likeness (QED) is 0.665. The number of rotatable bonds is 4. The van der Waals surface area contributed by atoms with Crippen molar-refractivity contribution in [2.24, 2.45) is 10.1 Å². The van der Waals surface area contributed by atoms with E-state index in [0.717, 1.165) is 11.3 Å². The summed E-state index contributed by atoms with van der Waals surface area (Å²) in [6.45, 7) is 4.01. The summed E-state index contributed by atoms with van der Waals surface area (Å²) in [5.41, 5.74) is 1.04. The maximum Gasteiger partial charge on any atom is 0.297 e. The van der Waals surface area contributed by atoms with Crippen LogP contribution in [0.4, 0.5) is 0 Å². The van der Waals surface area contributed by atoms with Gasteiger partial charge in [0.1, 0.15) is 5.69 Å². The molecule has 1 amide bonds. The maximum absolute atomic E-state index is 12.7. The van der Waals surface area contributed by atoms with Crippen LogP contribution < -0.4 is 9.94 Å². The lowest BCUT2D eigenvalue weighted by molar-refractivity contribution is 0.0986. The topological polar surface area (TPSA) is 112 Å². The van der Waals surface area contributed by atoms with Crippen molar-refractivity contribution in [2.75, 3.05) is 0 Å². The van der Waals surface area contributed by atoms with Gasteiger partial charge in [0, 0.05) is 12.2 Å². The van der Waals surface area contributed by atoms with Crippen molar-refractivity contribution < 1.29 is 13.2 Å². The summed E-state index contributed by atoms with van der Waals surface area (Å²) in [5, 5.41) is 9.33. The zero-order valence-corrected chi connectivity index (χ0v) is 16.3. The van der Waals surface area contributed by atoms with Gasteiger partial charge in [-0.1, -0.05) is 17.3 Å². The summed E-state index contributed by atoms with van der Waals surface area (Å²) >= 11 is 1.16. The minimum atomic E-state index is -3.84. The third-order valence-corrected chi connectivity index (χ3v) is 5.76. The maximum atomic E-state index is 12.7. The van der Waals surface area contributed by atoms with Gasteiger partial charge in [0.15, 0.2) is 4.80 Å². The normalized spacial score (nSPS) is 12.6. The number of carbonyl (C=O) groups excluding carboxylic acids is 1. The second kappa shape index (κ2) is 7.11. The lowest BCUT2D eigenvalue weighted by Gasteiger charge is -2.07. The van der Waals surface area contributed by atoms with Crippen molar-refractivity contribution in [2.45, 2.75) is 31.3 Å². The number of nitrogens with zero attached hydrogens (tertiary/aromatic N) is 4. The Labute approximate surface area is 160 Å². The molecule has 1 aromatic carbocycles. The second-order valence-corrected chi connectivity index (χ2v) is 8.59. The first kappa shape index (κ1) is 19.0. The average Bonchev–Trinajstić information content (AvgIpc) is 3.19. The predicted octanol–water partition coefficient (Wildman–Crippen LogP) is 1.50. The predicted molar refractivity (Wildman–Crippen MR) is 103 cm³/mol. The van der Waals surface area contributed by atoms with Gasteiger partial charge in [0.05, 0.1) is 21.7 Å². The number of hydrogen-bond acceptors (Lipinski definition) is 5. The monoisotopic (exact) mass is 403 g/mol. The lowest BCUT2D eigenvalue weighted by atomic mass is 10.3. The van der Waals surface area contributed by atoms with Gasteiger partial charge < -0.3 is 4.57 Å². The third-order valence-electron chi connectivity index (χ3n) is 3.81. The van der Waals surface area contributed by atoms with Crippen LogP contribution in [0.15, 0.2) is 40.4 Å². The van der Waals surface area contributed by atoms with E-state index in [-0.39, 0.29) is 17.5 Å². The number of thiazole rings is 1. The largest absolute Gasteiger partial charge is 0.305 e. The third kappa shape index (κ3) is 3.71. The van der Waals surface area contributed by atoms with E-state index in [9.17, 15) is 13.2 Å². The molecule has 2 N–H and O–H groups in total. The molecule has 3 aromatic rings. The van der Waals surface area contributed by atoms with Crippen molar-refractivity contribution in [1.82, 2.24) is 14.3 Å². The van der Waals surface area contributed by atoms with Gasteiger partial charge in [-0.25, -0.2) is 13.6 Å². The molecule has 27 heavy (non-hydrogen) atoms. The molecule has 0 spiro atoms. The molecule has 2 heterocycles. The van der Waals surface area contributed by atoms with E-state index < -0.39 is 15.9 Å². The molecular formula is C17H17N5O3S2. The molecule has 0 saturated heterocycles. The Kier molecular flexibility index (Phi) is 5.01. The molecule has 0 fully saturated rings. The summed E-state index contributed by atoms with van der Waals surface area (Å²) in [5.74, 6) is 2.07. The van der Waals surface area contributed by atoms with E-state index in [4.69, 9.17) is 11.6 Å². The van der Waals surface area contributed by atoms with E-state index >= 15 is 0 Å². The highest BCUT2D eigenvalue weighted by molar-refractivity contribution is 7.89. The fourth-order valence-corrected chi connectivity index (χ4v) is 4.28. The van der Waals surface area contributed by atoms with Crippen molar-refractivity contribution in [3.63, 3.8) is 0 Å². The van der Waals surface area contributed by atoms with Crippen LogP contribution in [0.25, 0.3) is 10.2 Å². The van der Waals surface area contributed by atoms with E-state index in [1.165, 1.54) is 12.1 Å². The molecule has 0 aliphatic carbocycles. The molecule has 140 valence electrons. The second-order valence-electron chi connectivity index (χ2n) is 6.02. The molecule has 0 aliphatic heterocycles. The Hall–Kier alpha value is -2.74. The number of fused-ring (bicyclic) bond motifs is 1. The van der Waals surface area contributed by atoms with Gasteiger partial charge in [-0.15, -0.1) is 6.42 Å². The van der Waals surface area contributed by atoms with E-state index in [2.05, 4.69) is 16.0 Å². The summed E-state index contributed by atoms with van der Waals surface area (Å²) in [4.78, 5) is 17.2. The molecule has 0 atom stereocenters. The number of amides is 1. The smallest absolute Gasteiger partial charge is 0.297 e. The Morgan fingerprint density at radius 2 is 2.15 bits per heavy atom. The number of terminal acetylenes is 1. The zero-order chi connectivity index (χ0) is 19.8. The summed E-state index contributed by atoms with van der Waals surface area (Å²) in [7, 11) is -3.84. The van der Waals surface area contributed by atoms with Crippen molar-refractivity contribution >= 4 is 37.5 Å². The van der Waals surface area contributed by atoms with Gasteiger partial charge >= 0.3 is 0 Å². The first-order valence-corrected chi connectivity index (χ1v) is 10.3. The number of sulfonamides is 1. The number of primary sulfonamides is 1. The van der Waals surface area contributed by atoms with Crippen molar-refractivity contribution in [1.29, 1.82) is 0 Å². The van der Waals surface area contributed by atoms with Crippen LogP contribution in [0, 0.1) is 12.3 Å². The van der Waals surface area contributed by atoms with Gasteiger partial charge in [0.2, 0.25) is 10.0 Å². The van der Waals surface area contributed by atoms with E-state index in [0.29, 0.717) is 20.7 Å². The Bertz CT molecular complexity index is 1240. The number of benzene rings is 1. The fraction of sp³-hybridized carbons (Fsp3) is 0.235. The molecule has 0 saturated carbocycles. The first-order valence-electron chi connectivity index (χ1n) is 7.94. The fourth-order valence-electron chi connectivity index (χ4n) is 2.60. The molecule has 0 bridgehead atoms. The minimum Gasteiger partial charge on any atom is -0.305 e. The lowest BCUT2D eigenvalue weighted by Crippen LogP contribution is -2.18. The summed E-state index contributed by atoms with van der Waals surface area (Å²) in [6.07, 6.45) is 6.99. The van der Waals surface area contributed by atoms with Crippen LogP contribution in [-0.4, -0.2) is 28.7 Å². The molecule has 8 nitrogen and oxygen atoms in total. The van der Waals surface area contributed by atoms with Crippen LogP contribution in [-0.2, 0) is 16.6 Å². The van der Waals surface area contributed by atoms with Gasteiger partial charge in [0.25, 0.3) is 5.91 Å². The first-order chi connectivity index (χ1) is 12.7. The van der Waals surface area contributed by atoms with E-state index in [1.807, 2.05) is 13.8 Å². The van der Waals surface area contributed by atoms with Crippen LogP contribution in [0.1, 0.15) is 30.4 Å². The van der Waals surface area contributed by atoms with Gasteiger partial charge in [-0.2, -0.15) is 10.1 Å². The minimum absolute atomic E-state index is 0.00621. The van der Waals surface area contributed by atoms with Gasteiger partial charge in [-0.05, 0) is 38.1 Å². The van der Waals surface area contributed by atoms with Crippen LogP contribution in [0.3, 0.4) is 0 Å². The van der Waals surface area contributed by atoms with Crippen LogP contribution in [0.5, 0.6) is 0 Å².